The van der Waals surface area contributed by atoms with Crippen LogP contribution in [0.15, 0.2) is 24.3 Å². The van der Waals surface area contributed by atoms with E-state index in [1.165, 1.54) is 11.8 Å². The largest absolute Gasteiger partial charge is 0.396 e. The molecule has 0 heterocycles. The third kappa shape index (κ3) is 5.32. The molecule has 5 nitrogen and oxygen atoms in total. The molecule has 4 N–H and O–H groups in total. The van der Waals surface area contributed by atoms with Gasteiger partial charge in [0.15, 0.2) is 0 Å². The van der Waals surface area contributed by atoms with Gasteiger partial charge in [0.1, 0.15) is 0 Å². The zero-order chi connectivity index (χ0) is 14.3. The lowest BCUT2D eigenvalue weighted by Gasteiger charge is -2.10. The molecule has 0 saturated carbocycles. The van der Waals surface area contributed by atoms with Crippen molar-refractivity contribution in [1.82, 2.24) is 0 Å². The van der Waals surface area contributed by atoms with Crippen LogP contribution in [0, 0.1) is 5.92 Å². The molecule has 19 heavy (non-hydrogen) atoms. The Morgan fingerprint density at radius 2 is 2.11 bits per heavy atom. The number of benzene rings is 1. The standard InChI is InChI=1S/C13H18N2O3S/c1-9(6-16)7-19-8-12(17)15-11-5-3-2-4-10(11)13(14)18/h2-5,9,16H,6-8H2,1H3,(H2,14,18)(H,15,17). The molecule has 0 bridgehead atoms. The molecule has 2 amide bonds. The number of aliphatic hydroxyl groups is 1. The molecule has 104 valence electrons. The molecule has 6 heteroatoms. The first-order chi connectivity index (χ1) is 9.04. The third-order valence-electron chi connectivity index (χ3n) is 2.41. The predicted molar refractivity (Wildman–Crippen MR) is 77.2 cm³/mol. The number of anilines is 1. The zero-order valence-electron chi connectivity index (χ0n) is 10.8. The van der Waals surface area contributed by atoms with Crippen LogP contribution in [0.5, 0.6) is 0 Å². The lowest BCUT2D eigenvalue weighted by molar-refractivity contribution is -0.113. The van der Waals surface area contributed by atoms with Gasteiger partial charge < -0.3 is 16.2 Å². The van der Waals surface area contributed by atoms with Gasteiger partial charge in [-0.05, 0) is 23.8 Å². The Hall–Kier alpha value is -1.53. The highest BCUT2D eigenvalue weighted by molar-refractivity contribution is 7.99. The summed E-state index contributed by atoms with van der Waals surface area (Å²) in [6, 6.07) is 6.62. The van der Waals surface area contributed by atoms with Gasteiger partial charge in [-0.15, -0.1) is 0 Å². The number of carbonyl (C=O) groups excluding carboxylic acids is 2. The van der Waals surface area contributed by atoms with E-state index in [2.05, 4.69) is 5.32 Å². The first-order valence-electron chi connectivity index (χ1n) is 5.92. The number of carbonyl (C=O) groups is 2. The van der Waals surface area contributed by atoms with E-state index in [1.807, 2.05) is 6.92 Å². The van der Waals surface area contributed by atoms with Crippen molar-refractivity contribution >= 4 is 29.3 Å². The molecule has 0 saturated heterocycles. The molecule has 0 aliphatic heterocycles. The highest BCUT2D eigenvalue weighted by atomic mass is 32.2. The minimum absolute atomic E-state index is 0.110. The molecule has 0 fully saturated rings. The van der Waals surface area contributed by atoms with E-state index in [-0.39, 0.29) is 24.2 Å². The fourth-order valence-electron chi connectivity index (χ4n) is 1.40. The van der Waals surface area contributed by atoms with Gasteiger partial charge in [0.25, 0.3) is 5.91 Å². The number of amides is 2. The number of rotatable bonds is 7. The number of nitrogens with one attached hydrogen (secondary N) is 1. The smallest absolute Gasteiger partial charge is 0.250 e. The second-order valence-corrected chi connectivity index (χ2v) is 5.29. The maximum Gasteiger partial charge on any atom is 0.250 e. The van der Waals surface area contributed by atoms with Gasteiger partial charge in [0.2, 0.25) is 5.91 Å². The van der Waals surface area contributed by atoms with Gasteiger partial charge in [-0.3, -0.25) is 9.59 Å². The summed E-state index contributed by atoms with van der Waals surface area (Å²) in [5, 5.41) is 11.5. The van der Waals surface area contributed by atoms with Gasteiger partial charge in [0, 0.05) is 6.61 Å². The van der Waals surface area contributed by atoms with Crippen molar-refractivity contribution in [3.63, 3.8) is 0 Å². The Morgan fingerprint density at radius 3 is 2.74 bits per heavy atom. The van der Waals surface area contributed by atoms with Crippen molar-refractivity contribution in [1.29, 1.82) is 0 Å². The first-order valence-corrected chi connectivity index (χ1v) is 7.07. The lowest BCUT2D eigenvalue weighted by Crippen LogP contribution is -2.20. The number of aliphatic hydroxyl groups excluding tert-OH is 1. The van der Waals surface area contributed by atoms with Crippen molar-refractivity contribution in [2.24, 2.45) is 11.7 Å². The van der Waals surface area contributed by atoms with Crippen molar-refractivity contribution in [2.75, 3.05) is 23.4 Å². The summed E-state index contributed by atoms with van der Waals surface area (Å²) < 4.78 is 0. The van der Waals surface area contributed by atoms with Crippen molar-refractivity contribution in [3.05, 3.63) is 29.8 Å². The average Bonchev–Trinajstić information content (AvgIpc) is 2.38. The van der Waals surface area contributed by atoms with Crippen LogP contribution >= 0.6 is 11.8 Å². The van der Waals surface area contributed by atoms with Crippen LogP contribution < -0.4 is 11.1 Å². The van der Waals surface area contributed by atoms with E-state index in [0.29, 0.717) is 17.0 Å². The van der Waals surface area contributed by atoms with Crippen LogP contribution in [0.1, 0.15) is 17.3 Å². The zero-order valence-corrected chi connectivity index (χ0v) is 11.6. The van der Waals surface area contributed by atoms with Crippen LogP contribution in [-0.2, 0) is 4.79 Å². The van der Waals surface area contributed by atoms with Crippen LogP contribution in [0.2, 0.25) is 0 Å². The van der Waals surface area contributed by atoms with Gasteiger partial charge in [-0.2, -0.15) is 11.8 Å². The number of primary amides is 1. The number of nitrogens with two attached hydrogens (primary N) is 1. The second-order valence-electron chi connectivity index (χ2n) is 4.26. The number of hydrogen-bond acceptors (Lipinski definition) is 4. The van der Waals surface area contributed by atoms with E-state index >= 15 is 0 Å². The summed E-state index contributed by atoms with van der Waals surface area (Å²) in [5.41, 5.74) is 5.95. The van der Waals surface area contributed by atoms with Crippen molar-refractivity contribution < 1.29 is 14.7 Å². The minimum Gasteiger partial charge on any atom is -0.396 e. The fraction of sp³-hybridized carbons (Fsp3) is 0.385. The second kappa shape index (κ2) is 7.81. The maximum absolute atomic E-state index is 11.7. The van der Waals surface area contributed by atoms with Gasteiger partial charge in [-0.25, -0.2) is 0 Å². The minimum atomic E-state index is -0.572. The van der Waals surface area contributed by atoms with Gasteiger partial charge in [0.05, 0.1) is 17.0 Å². The highest BCUT2D eigenvalue weighted by Gasteiger charge is 2.10. The Bertz CT molecular complexity index is 451. The highest BCUT2D eigenvalue weighted by Crippen LogP contribution is 2.15. The molecule has 0 spiro atoms. The molecular weight excluding hydrogens is 264 g/mol. The quantitative estimate of drug-likeness (QED) is 0.698. The number of thioether (sulfide) groups is 1. The summed E-state index contributed by atoms with van der Waals surface area (Å²) in [7, 11) is 0. The Morgan fingerprint density at radius 1 is 1.42 bits per heavy atom. The van der Waals surface area contributed by atoms with E-state index in [0.717, 1.165) is 0 Å². The fourth-order valence-corrected chi connectivity index (χ4v) is 2.28. The molecule has 0 aromatic heterocycles. The number of para-hydroxylation sites is 1. The monoisotopic (exact) mass is 282 g/mol. The van der Waals surface area contributed by atoms with Crippen molar-refractivity contribution in [3.8, 4) is 0 Å². The van der Waals surface area contributed by atoms with Crippen LogP contribution in [0.4, 0.5) is 5.69 Å². The summed E-state index contributed by atoms with van der Waals surface area (Å²) in [6.07, 6.45) is 0. The molecule has 0 aliphatic rings. The normalized spacial score (nSPS) is 11.9. The van der Waals surface area contributed by atoms with Crippen LogP contribution in [0.25, 0.3) is 0 Å². The van der Waals surface area contributed by atoms with Crippen LogP contribution in [-0.4, -0.2) is 35.0 Å². The first kappa shape index (κ1) is 15.5. The van der Waals surface area contributed by atoms with Crippen molar-refractivity contribution in [2.45, 2.75) is 6.92 Å². The van der Waals surface area contributed by atoms with Gasteiger partial charge >= 0.3 is 0 Å². The topological polar surface area (TPSA) is 92.4 Å². The Kier molecular flexibility index (Phi) is 6.38. The van der Waals surface area contributed by atoms with E-state index < -0.39 is 5.91 Å². The Labute approximate surface area is 116 Å². The molecule has 1 aromatic carbocycles. The summed E-state index contributed by atoms with van der Waals surface area (Å²) in [5.74, 6) is 0.385. The molecule has 0 radical (unpaired) electrons. The molecule has 1 rings (SSSR count). The van der Waals surface area contributed by atoms with E-state index in [1.54, 1.807) is 24.3 Å². The molecule has 1 unspecified atom stereocenters. The Balaban J connectivity index is 2.51. The molecular formula is C13H18N2O3S. The lowest BCUT2D eigenvalue weighted by atomic mass is 10.1. The summed E-state index contributed by atoms with van der Waals surface area (Å²) in [4.78, 5) is 22.9. The molecule has 1 aromatic rings. The third-order valence-corrected chi connectivity index (χ3v) is 3.68. The summed E-state index contributed by atoms with van der Waals surface area (Å²) >= 11 is 1.44. The van der Waals surface area contributed by atoms with Gasteiger partial charge in [-0.1, -0.05) is 19.1 Å². The molecule has 0 aliphatic carbocycles. The van der Waals surface area contributed by atoms with Crippen LogP contribution in [0.3, 0.4) is 0 Å². The predicted octanol–water partition coefficient (Wildman–Crippen LogP) is 1.09. The number of hydrogen-bond donors (Lipinski definition) is 3. The van der Waals surface area contributed by atoms with E-state index in [4.69, 9.17) is 10.8 Å². The molecule has 1 atom stereocenters. The SMILES string of the molecule is CC(CO)CSCC(=O)Nc1ccccc1C(N)=O. The maximum atomic E-state index is 11.7. The summed E-state index contributed by atoms with van der Waals surface area (Å²) in [6.45, 7) is 2.02. The van der Waals surface area contributed by atoms with E-state index in [9.17, 15) is 9.59 Å². The average molecular weight is 282 g/mol.